The second-order valence-corrected chi connectivity index (χ2v) is 21.3. The van der Waals surface area contributed by atoms with Crippen molar-refractivity contribution in [3.8, 4) is 0 Å². The van der Waals surface area contributed by atoms with E-state index in [1.54, 1.807) is 20.8 Å². The third kappa shape index (κ3) is 40.0. The fraction of sp³-hybridized carbons (Fsp3) is 0.939. The molecule has 2 N–H and O–H groups in total. The van der Waals surface area contributed by atoms with E-state index in [9.17, 15) is 43.9 Å². The molecule has 20 heteroatoms. The molecule has 0 spiro atoms. The molecule has 1 aliphatic heterocycles. The van der Waals surface area contributed by atoms with Gasteiger partial charge < -0.3 is 38.2 Å². The van der Waals surface area contributed by atoms with Crippen molar-refractivity contribution in [2.45, 2.75) is 73.6 Å². The molecule has 0 radical (unpaired) electrons. The molecule has 0 aliphatic carbocycles. The van der Waals surface area contributed by atoms with Gasteiger partial charge in [0.05, 0.1) is 111 Å². The van der Waals surface area contributed by atoms with Crippen LogP contribution in [0.1, 0.15) is 73.6 Å². The average molecular weight is 829 g/mol. The predicted octanol–water partition coefficient (Wildman–Crippen LogP) is 1.20. The van der Waals surface area contributed by atoms with Gasteiger partial charge in [0, 0.05) is 43.9 Å². The van der Waals surface area contributed by atoms with Crippen molar-refractivity contribution in [1.29, 1.82) is 0 Å². The lowest BCUT2D eigenvalue weighted by Gasteiger charge is -2.30. The Morgan fingerprint density at radius 2 is 1.11 bits per heavy atom. The summed E-state index contributed by atoms with van der Waals surface area (Å²) >= 11 is 0. The molecule has 1 aliphatic rings. The standard InChI is InChI=1S/C13H27NO5S.C10H21NO2.C7H18N2O3S.C3H6O3S/c1-13(2,3)12(15)19-10-6-8-14(4,5)9-7-11-20(16,17)18;1-10(2,3)9(12)13-8-6-7-11(4)5;1-9(2,6-4-8)5-3-7-13(10,11)12;4-7(5)3-1-2-6-7/h6-11H2,1-5H3;6-8H2,1-5H3;3-8H2,1-2H3;1-3H2. The summed E-state index contributed by atoms with van der Waals surface area (Å²) in [6.45, 7) is 16.6. The minimum atomic E-state index is -4.13. The molecule has 0 amide bonds. The first kappa shape index (κ1) is 55.8. The molecule has 1 rings (SSSR count). The van der Waals surface area contributed by atoms with Gasteiger partial charge in [-0.2, -0.15) is 8.42 Å². The van der Waals surface area contributed by atoms with E-state index in [0.29, 0.717) is 74.1 Å². The topological polar surface area (TPSA) is 240 Å². The van der Waals surface area contributed by atoms with Crippen LogP contribution in [0.5, 0.6) is 0 Å². The fourth-order valence-corrected chi connectivity index (χ4v) is 5.95. The molecule has 0 bridgehead atoms. The number of hydrogen-bond acceptors (Lipinski definition) is 15. The van der Waals surface area contributed by atoms with Crippen molar-refractivity contribution >= 4 is 42.3 Å². The third-order valence-corrected chi connectivity index (χ3v) is 10.1. The Balaban J connectivity index is -0.000000664. The van der Waals surface area contributed by atoms with Crippen LogP contribution in [-0.4, -0.2) is 179 Å². The van der Waals surface area contributed by atoms with Gasteiger partial charge in [0.15, 0.2) is 0 Å². The number of likely N-dealkylation sites (N-methyl/N-ethyl adjacent to an activating group) is 1. The molecule has 0 aromatic heterocycles. The number of carbonyl (C=O) groups is 2. The molecule has 1 saturated heterocycles. The minimum Gasteiger partial charge on any atom is -0.748 e. The predicted molar refractivity (Wildman–Crippen MR) is 204 cm³/mol. The van der Waals surface area contributed by atoms with Crippen molar-refractivity contribution in [3.63, 3.8) is 0 Å². The van der Waals surface area contributed by atoms with Crippen LogP contribution in [0.25, 0.3) is 0 Å². The van der Waals surface area contributed by atoms with Crippen molar-refractivity contribution in [3.05, 3.63) is 0 Å². The molecular weight excluding hydrogens is 757 g/mol. The Morgan fingerprint density at radius 3 is 1.40 bits per heavy atom. The summed E-state index contributed by atoms with van der Waals surface area (Å²) < 4.78 is 98.7. The lowest BCUT2D eigenvalue weighted by Crippen LogP contribution is -2.44. The summed E-state index contributed by atoms with van der Waals surface area (Å²) in [6.07, 6.45) is 3.01. The van der Waals surface area contributed by atoms with Crippen LogP contribution < -0.4 is 5.73 Å². The van der Waals surface area contributed by atoms with E-state index in [2.05, 4.69) is 9.08 Å². The lowest BCUT2D eigenvalue weighted by molar-refractivity contribution is -0.890. The highest BCUT2D eigenvalue weighted by Crippen LogP contribution is 2.16. The van der Waals surface area contributed by atoms with Gasteiger partial charge in [0.2, 0.25) is 0 Å². The molecule has 320 valence electrons. The summed E-state index contributed by atoms with van der Waals surface area (Å²) in [5, 5.41) is 0. The Bertz CT molecular complexity index is 1340. The lowest BCUT2D eigenvalue weighted by atomic mass is 9.97. The van der Waals surface area contributed by atoms with Crippen LogP contribution >= 0.6 is 0 Å². The Kier molecular flexibility index (Phi) is 27.0. The van der Waals surface area contributed by atoms with Crippen LogP contribution in [0.2, 0.25) is 0 Å². The van der Waals surface area contributed by atoms with Crippen molar-refractivity contribution in [1.82, 2.24) is 4.90 Å². The number of rotatable bonds is 18. The number of esters is 2. The first-order chi connectivity index (χ1) is 23.6. The van der Waals surface area contributed by atoms with Gasteiger partial charge in [-0.25, -0.2) is 16.8 Å². The number of hydrogen-bond donors (Lipinski definition) is 1. The smallest absolute Gasteiger partial charge is 0.311 e. The van der Waals surface area contributed by atoms with E-state index in [1.807, 2.05) is 63.1 Å². The van der Waals surface area contributed by atoms with Gasteiger partial charge in [0.1, 0.15) is 0 Å². The van der Waals surface area contributed by atoms with E-state index in [4.69, 9.17) is 15.2 Å². The highest BCUT2D eigenvalue weighted by molar-refractivity contribution is 7.87. The Labute approximate surface area is 321 Å². The van der Waals surface area contributed by atoms with Crippen molar-refractivity contribution in [2.24, 2.45) is 16.6 Å². The second kappa shape index (κ2) is 25.6. The molecule has 0 unspecified atom stereocenters. The van der Waals surface area contributed by atoms with Crippen molar-refractivity contribution < 1.29 is 66.6 Å². The summed E-state index contributed by atoms with van der Waals surface area (Å²) in [6, 6.07) is 0. The number of nitrogens with zero attached hydrogens (tertiary/aromatic N) is 3. The van der Waals surface area contributed by atoms with E-state index >= 15 is 0 Å². The van der Waals surface area contributed by atoms with Crippen LogP contribution in [0.15, 0.2) is 0 Å². The van der Waals surface area contributed by atoms with Crippen LogP contribution in [0.4, 0.5) is 0 Å². The largest absolute Gasteiger partial charge is 0.748 e. The monoisotopic (exact) mass is 828 g/mol. The summed E-state index contributed by atoms with van der Waals surface area (Å²) in [4.78, 5) is 24.9. The highest BCUT2D eigenvalue weighted by atomic mass is 32.2. The molecule has 53 heavy (non-hydrogen) atoms. The first-order valence-electron chi connectivity index (χ1n) is 17.7. The molecule has 0 aromatic rings. The maximum absolute atomic E-state index is 11.5. The minimum absolute atomic E-state index is 0.119. The number of quaternary nitrogens is 2. The van der Waals surface area contributed by atoms with E-state index in [1.165, 1.54) is 0 Å². The number of carbonyl (C=O) groups excluding carboxylic acids is 2. The summed E-state index contributed by atoms with van der Waals surface area (Å²) in [5.41, 5.74) is 4.51. The maximum Gasteiger partial charge on any atom is 0.311 e. The highest BCUT2D eigenvalue weighted by Gasteiger charge is 2.24. The molecule has 0 atom stereocenters. The van der Waals surface area contributed by atoms with Gasteiger partial charge in [0.25, 0.3) is 10.1 Å². The zero-order valence-corrected chi connectivity index (χ0v) is 36.9. The first-order valence-corrected chi connectivity index (χ1v) is 22.5. The normalized spacial score (nSPS) is 14.9. The molecule has 1 heterocycles. The van der Waals surface area contributed by atoms with Gasteiger partial charge in [-0.15, -0.1) is 0 Å². The molecule has 1 fully saturated rings. The quantitative estimate of drug-likeness (QED) is 0.0671. The Morgan fingerprint density at radius 1 is 0.736 bits per heavy atom. The zero-order chi connectivity index (χ0) is 42.4. The van der Waals surface area contributed by atoms with Crippen LogP contribution in [-0.2, 0) is 53.6 Å². The van der Waals surface area contributed by atoms with Gasteiger partial charge in [-0.05, 0) is 68.5 Å². The third-order valence-electron chi connectivity index (χ3n) is 7.20. The SMILES string of the molecule is CC(C)(C)C(=O)OCCC[N+](C)(C)CCCS(=O)(=O)[O-].CN(C)CCCOC(=O)C(C)(C)C.C[N+](C)(CCN)CCCS(=O)(=O)[O-].O=S1(=O)CCCO1. The molecule has 0 aromatic carbocycles. The molecule has 0 saturated carbocycles. The summed E-state index contributed by atoms with van der Waals surface area (Å²) in [5.74, 6) is -0.744. The van der Waals surface area contributed by atoms with Crippen molar-refractivity contribution in [2.75, 3.05) is 119 Å². The summed E-state index contributed by atoms with van der Waals surface area (Å²) in [7, 11) is 0.631. The fourth-order valence-electron chi connectivity index (χ4n) is 4.03. The van der Waals surface area contributed by atoms with E-state index in [0.717, 1.165) is 26.1 Å². The molecule has 17 nitrogen and oxygen atoms in total. The van der Waals surface area contributed by atoms with Gasteiger partial charge in [-0.3, -0.25) is 13.8 Å². The number of ether oxygens (including phenoxy) is 2. The van der Waals surface area contributed by atoms with E-state index < -0.39 is 35.8 Å². The number of nitrogens with two attached hydrogens (primary N) is 1. The molecular formula is C33H72N4O13S3. The van der Waals surface area contributed by atoms with E-state index in [-0.39, 0.29) is 34.6 Å². The van der Waals surface area contributed by atoms with Crippen LogP contribution in [0.3, 0.4) is 0 Å². The zero-order valence-electron chi connectivity index (χ0n) is 34.5. The average Bonchev–Trinajstić information content (AvgIpc) is 3.35. The second-order valence-electron chi connectivity index (χ2n) is 16.5. The maximum atomic E-state index is 11.5. The van der Waals surface area contributed by atoms with Gasteiger partial charge in [-0.1, -0.05) is 0 Å². The van der Waals surface area contributed by atoms with Crippen LogP contribution in [0, 0.1) is 10.8 Å². The van der Waals surface area contributed by atoms with Gasteiger partial charge >= 0.3 is 11.9 Å². The Hall–Kier alpha value is -1.49.